The van der Waals surface area contributed by atoms with Crippen LogP contribution in [-0.4, -0.2) is 22.6 Å². The molecule has 1 heterocycles. The minimum Gasteiger partial charge on any atom is -0.410 e. The van der Waals surface area contributed by atoms with Crippen molar-refractivity contribution in [3.05, 3.63) is 95.3 Å². The SMILES string of the molecule is O=C(NC12CCCC(C1)C(c1ccc(NC(=O)N3Cc4ccc(F)cc4C3)cc1)CC2)Oc1ccccc1. The molecule has 3 aromatic carbocycles. The molecule has 6 rings (SSSR count). The molecule has 3 amide bonds. The quantitative estimate of drug-likeness (QED) is 0.396. The Morgan fingerprint density at radius 1 is 0.921 bits per heavy atom. The van der Waals surface area contributed by atoms with E-state index in [1.54, 1.807) is 23.1 Å². The maximum atomic E-state index is 13.5. The lowest BCUT2D eigenvalue weighted by molar-refractivity contribution is 0.0954. The summed E-state index contributed by atoms with van der Waals surface area (Å²) in [7, 11) is 0. The van der Waals surface area contributed by atoms with Crippen LogP contribution in [0.5, 0.6) is 5.75 Å². The molecule has 0 saturated heterocycles. The highest BCUT2D eigenvalue weighted by atomic mass is 19.1. The standard InChI is InChI=1S/C31H32FN3O3/c32-25-11-8-23-19-35(20-24(23)17-25)29(36)33-26-12-9-21(10-13-26)28-14-16-31(15-4-5-22(28)18-31)34-30(37)38-27-6-2-1-3-7-27/h1-3,6-13,17,22,28H,4-5,14-16,18-20H2,(H,33,36)(H,34,37). The maximum absolute atomic E-state index is 13.5. The third-order valence-corrected chi connectivity index (χ3v) is 8.48. The molecular formula is C31H32FN3O3. The molecule has 196 valence electrons. The number of benzene rings is 3. The van der Waals surface area contributed by atoms with Crippen molar-refractivity contribution in [2.24, 2.45) is 5.92 Å². The van der Waals surface area contributed by atoms with Crippen LogP contribution in [0, 0.1) is 11.7 Å². The number of nitrogens with one attached hydrogen (secondary N) is 2. The number of anilines is 1. The number of ether oxygens (including phenoxy) is 1. The van der Waals surface area contributed by atoms with E-state index in [4.69, 9.17) is 4.74 Å². The van der Waals surface area contributed by atoms with Gasteiger partial charge in [0.05, 0.1) is 0 Å². The number of para-hydroxylation sites is 1. The van der Waals surface area contributed by atoms with E-state index in [0.29, 0.717) is 30.7 Å². The second-order valence-corrected chi connectivity index (χ2v) is 10.9. The fourth-order valence-corrected chi connectivity index (χ4v) is 6.62. The van der Waals surface area contributed by atoms with Gasteiger partial charge in [0, 0.05) is 24.3 Å². The van der Waals surface area contributed by atoms with Crippen molar-refractivity contribution >= 4 is 17.8 Å². The van der Waals surface area contributed by atoms with Crippen LogP contribution in [0.3, 0.4) is 0 Å². The number of carbonyl (C=O) groups is 2. The fourth-order valence-electron chi connectivity index (χ4n) is 6.62. The Hall–Kier alpha value is -3.87. The summed E-state index contributed by atoms with van der Waals surface area (Å²) in [6.07, 6.45) is 5.73. The molecule has 2 aliphatic carbocycles. The molecule has 2 fully saturated rings. The Labute approximate surface area is 222 Å². The van der Waals surface area contributed by atoms with Gasteiger partial charge in [0.2, 0.25) is 0 Å². The predicted molar refractivity (Wildman–Crippen MR) is 143 cm³/mol. The summed E-state index contributed by atoms with van der Waals surface area (Å²) in [6.45, 7) is 0.896. The van der Waals surface area contributed by atoms with Gasteiger partial charge in [-0.25, -0.2) is 14.0 Å². The van der Waals surface area contributed by atoms with Crippen molar-refractivity contribution in [1.29, 1.82) is 0 Å². The lowest BCUT2D eigenvalue weighted by Gasteiger charge is -2.49. The second kappa shape index (κ2) is 10.1. The highest BCUT2D eigenvalue weighted by molar-refractivity contribution is 5.89. The first-order valence-corrected chi connectivity index (χ1v) is 13.4. The van der Waals surface area contributed by atoms with E-state index in [9.17, 15) is 14.0 Å². The van der Waals surface area contributed by atoms with Crippen LogP contribution in [0.4, 0.5) is 19.7 Å². The first kappa shape index (κ1) is 24.5. The first-order chi connectivity index (χ1) is 18.5. The van der Waals surface area contributed by atoms with Gasteiger partial charge < -0.3 is 20.3 Å². The topological polar surface area (TPSA) is 70.7 Å². The van der Waals surface area contributed by atoms with Gasteiger partial charge >= 0.3 is 12.1 Å². The first-order valence-electron chi connectivity index (χ1n) is 13.4. The Balaban J connectivity index is 1.05. The largest absolute Gasteiger partial charge is 0.413 e. The van der Waals surface area contributed by atoms with Gasteiger partial charge in [-0.05, 0) is 97.0 Å². The van der Waals surface area contributed by atoms with Gasteiger partial charge in [0.25, 0.3) is 0 Å². The van der Waals surface area contributed by atoms with Gasteiger partial charge in [-0.3, -0.25) is 0 Å². The summed E-state index contributed by atoms with van der Waals surface area (Å²) in [5.74, 6) is 1.21. The van der Waals surface area contributed by atoms with E-state index in [-0.39, 0.29) is 23.5 Å². The molecule has 0 radical (unpaired) electrons. The number of nitrogens with zero attached hydrogens (tertiary/aromatic N) is 1. The molecule has 0 spiro atoms. The summed E-state index contributed by atoms with van der Waals surface area (Å²) in [6, 6.07) is 21.9. The molecule has 6 nitrogen and oxygen atoms in total. The van der Waals surface area contributed by atoms with Crippen LogP contribution < -0.4 is 15.4 Å². The zero-order chi connectivity index (χ0) is 26.1. The van der Waals surface area contributed by atoms with Crippen molar-refractivity contribution in [3.63, 3.8) is 0 Å². The van der Waals surface area contributed by atoms with Crippen LogP contribution in [0.1, 0.15) is 61.1 Å². The Morgan fingerprint density at radius 3 is 2.53 bits per heavy atom. The van der Waals surface area contributed by atoms with Crippen LogP contribution >= 0.6 is 0 Å². The molecule has 0 aromatic heterocycles. The number of carbonyl (C=O) groups excluding carboxylic acids is 2. The summed E-state index contributed by atoms with van der Waals surface area (Å²) in [4.78, 5) is 27.1. The molecular weight excluding hydrogens is 481 g/mol. The van der Waals surface area contributed by atoms with Crippen molar-refractivity contribution in [3.8, 4) is 5.75 Å². The van der Waals surface area contributed by atoms with Gasteiger partial charge in [0.15, 0.2) is 0 Å². The van der Waals surface area contributed by atoms with E-state index in [0.717, 1.165) is 55.3 Å². The fraction of sp³-hybridized carbons (Fsp3) is 0.355. The molecule has 1 aliphatic heterocycles. The average molecular weight is 514 g/mol. The Bertz CT molecular complexity index is 1330. The maximum Gasteiger partial charge on any atom is 0.413 e. The van der Waals surface area contributed by atoms with Crippen molar-refractivity contribution in [2.45, 2.75) is 63.1 Å². The van der Waals surface area contributed by atoms with Gasteiger partial charge in [-0.2, -0.15) is 0 Å². The molecule has 2 saturated carbocycles. The molecule has 2 bridgehead atoms. The number of halogens is 1. The van der Waals surface area contributed by atoms with E-state index in [1.807, 2.05) is 30.3 Å². The van der Waals surface area contributed by atoms with Gasteiger partial charge in [-0.1, -0.05) is 42.8 Å². The summed E-state index contributed by atoms with van der Waals surface area (Å²) < 4.78 is 19.0. The van der Waals surface area contributed by atoms with Crippen LogP contribution in [0.15, 0.2) is 72.8 Å². The number of rotatable bonds is 4. The number of hydrogen-bond acceptors (Lipinski definition) is 3. The third kappa shape index (κ3) is 5.10. The summed E-state index contributed by atoms with van der Waals surface area (Å²) in [5, 5.41) is 6.20. The molecule has 3 unspecified atom stereocenters. The Morgan fingerprint density at radius 2 is 1.71 bits per heavy atom. The molecule has 7 heteroatoms. The van der Waals surface area contributed by atoms with Crippen LogP contribution in [-0.2, 0) is 13.1 Å². The van der Waals surface area contributed by atoms with Crippen LogP contribution in [0.25, 0.3) is 0 Å². The number of fused-ring (bicyclic) bond motifs is 3. The average Bonchev–Trinajstić information content (AvgIpc) is 3.33. The lowest BCUT2D eigenvalue weighted by Crippen LogP contribution is -2.55. The minimum atomic E-state index is -0.373. The highest BCUT2D eigenvalue weighted by Gasteiger charge is 2.45. The predicted octanol–water partition coefficient (Wildman–Crippen LogP) is 6.97. The monoisotopic (exact) mass is 513 g/mol. The highest BCUT2D eigenvalue weighted by Crippen LogP contribution is 2.49. The number of urea groups is 1. The van der Waals surface area contributed by atoms with E-state index >= 15 is 0 Å². The zero-order valence-electron chi connectivity index (χ0n) is 21.3. The smallest absolute Gasteiger partial charge is 0.410 e. The molecule has 3 aromatic rings. The van der Waals surface area contributed by atoms with Crippen molar-refractivity contribution < 1.29 is 18.7 Å². The number of hydrogen-bond donors (Lipinski definition) is 2. The Kier molecular flexibility index (Phi) is 6.52. The minimum absolute atomic E-state index is 0.183. The van der Waals surface area contributed by atoms with Crippen LogP contribution in [0.2, 0.25) is 0 Å². The van der Waals surface area contributed by atoms with Gasteiger partial charge in [-0.15, -0.1) is 0 Å². The van der Waals surface area contributed by atoms with Crippen molar-refractivity contribution in [2.75, 3.05) is 5.32 Å². The normalized spacial score (nSPS) is 23.9. The summed E-state index contributed by atoms with van der Waals surface area (Å²) >= 11 is 0. The number of amides is 3. The summed E-state index contributed by atoms with van der Waals surface area (Å²) in [5.41, 5.74) is 3.68. The van der Waals surface area contributed by atoms with E-state index in [2.05, 4.69) is 22.8 Å². The lowest BCUT2D eigenvalue weighted by atomic mass is 9.61. The van der Waals surface area contributed by atoms with Gasteiger partial charge in [0.1, 0.15) is 11.6 Å². The zero-order valence-corrected chi connectivity index (χ0v) is 21.3. The molecule has 3 atom stereocenters. The third-order valence-electron chi connectivity index (χ3n) is 8.48. The van der Waals surface area contributed by atoms with Crippen molar-refractivity contribution in [1.82, 2.24) is 10.2 Å². The molecule has 3 aliphatic rings. The van der Waals surface area contributed by atoms with E-state index in [1.165, 1.54) is 17.7 Å². The second-order valence-electron chi connectivity index (χ2n) is 10.9. The molecule has 2 N–H and O–H groups in total. The molecule has 38 heavy (non-hydrogen) atoms. The van der Waals surface area contributed by atoms with E-state index < -0.39 is 0 Å².